The van der Waals surface area contributed by atoms with Crippen LogP contribution in [0.1, 0.15) is 5.82 Å². The minimum absolute atomic E-state index is 0.113. The van der Waals surface area contributed by atoms with E-state index in [0.29, 0.717) is 24.4 Å². The highest BCUT2D eigenvalue weighted by Crippen LogP contribution is 2.08. The SMILES string of the molecule is O=S1(=O)CCNC(Cc2nnc3cccnn23)C1. The zero-order chi connectivity index (χ0) is 12.6. The maximum atomic E-state index is 11.6. The van der Waals surface area contributed by atoms with Crippen molar-refractivity contribution in [3.05, 3.63) is 24.2 Å². The van der Waals surface area contributed by atoms with E-state index in [1.54, 1.807) is 16.8 Å². The fraction of sp³-hybridized carbons (Fsp3) is 0.500. The second-order valence-electron chi connectivity index (χ2n) is 4.38. The molecule has 1 N–H and O–H groups in total. The van der Waals surface area contributed by atoms with Gasteiger partial charge in [0.25, 0.3) is 0 Å². The summed E-state index contributed by atoms with van der Waals surface area (Å²) in [6.45, 7) is 0.497. The summed E-state index contributed by atoms with van der Waals surface area (Å²) in [6.07, 6.45) is 2.17. The zero-order valence-corrected chi connectivity index (χ0v) is 10.5. The second kappa shape index (κ2) is 4.29. The molecule has 8 heteroatoms. The Morgan fingerprint density at radius 2 is 2.33 bits per heavy atom. The number of nitrogens with one attached hydrogen (secondary N) is 1. The van der Waals surface area contributed by atoms with Crippen molar-refractivity contribution in [2.75, 3.05) is 18.1 Å². The molecule has 0 amide bonds. The molecule has 0 aromatic carbocycles. The van der Waals surface area contributed by atoms with E-state index in [1.165, 1.54) is 0 Å². The Bertz CT molecular complexity index is 666. The first-order valence-electron chi connectivity index (χ1n) is 5.73. The predicted octanol–water partition coefficient (Wildman–Crippen LogP) is -0.947. The van der Waals surface area contributed by atoms with Gasteiger partial charge >= 0.3 is 0 Å². The summed E-state index contributed by atoms with van der Waals surface area (Å²) < 4.78 is 24.8. The van der Waals surface area contributed by atoms with Gasteiger partial charge in [-0.25, -0.2) is 8.42 Å². The third-order valence-corrected chi connectivity index (χ3v) is 4.71. The van der Waals surface area contributed by atoms with Crippen LogP contribution in [0.25, 0.3) is 5.65 Å². The van der Waals surface area contributed by atoms with Gasteiger partial charge < -0.3 is 5.32 Å². The average Bonchev–Trinajstić information content (AvgIpc) is 2.72. The largest absolute Gasteiger partial charge is 0.312 e. The van der Waals surface area contributed by atoms with Crippen LogP contribution in [-0.4, -0.2) is 52.3 Å². The molecule has 0 bridgehead atoms. The summed E-state index contributed by atoms with van der Waals surface area (Å²) in [5.74, 6) is 1.04. The summed E-state index contributed by atoms with van der Waals surface area (Å²) in [5, 5.41) is 15.4. The van der Waals surface area contributed by atoms with Crippen molar-refractivity contribution in [3.8, 4) is 0 Å². The summed E-state index contributed by atoms with van der Waals surface area (Å²) in [5.41, 5.74) is 0.672. The van der Waals surface area contributed by atoms with E-state index in [2.05, 4.69) is 20.6 Å². The number of fused-ring (bicyclic) bond motifs is 1. The third-order valence-electron chi connectivity index (χ3n) is 2.97. The summed E-state index contributed by atoms with van der Waals surface area (Å²) >= 11 is 0. The number of hydrogen-bond donors (Lipinski definition) is 1. The maximum absolute atomic E-state index is 11.6. The van der Waals surface area contributed by atoms with Crippen molar-refractivity contribution >= 4 is 15.5 Å². The predicted molar refractivity (Wildman–Crippen MR) is 64.9 cm³/mol. The topological polar surface area (TPSA) is 89.2 Å². The van der Waals surface area contributed by atoms with Gasteiger partial charge in [-0.15, -0.1) is 10.2 Å². The molecule has 2 aromatic rings. The molecule has 3 rings (SSSR count). The average molecular weight is 267 g/mol. The molecule has 1 unspecified atom stereocenters. The van der Waals surface area contributed by atoms with E-state index in [-0.39, 0.29) is 17.5 Å². The van der Waals surface area contributed by atoms with Crippen LogP contribution in [-0.2, 0) is 16.3 Å². The summed E-state index contributed by atoms with van der Waals surface area (Å²) in [4.78, 5) is 0. The fourth-order valence-corrected chi connectivity index (χ4v) is 3.58. The Balaban J connectivity index is 1.84. The van der Waals surface area contributed by atoms with Gasteiger partial charge in [-0.3, -0.25) is 0 Å². The lowest BCUT2D eigenvalue weighted by Gasteiger charge is -2.22. The first kappa shape index (κ1) is 11.5. The fourth-order valence-electron chi connectivity index (χ4n) is 2.14. The van der Waals surface area contributed by atoms with Crippen molar-refractivity contribution in [1.29, 1.82) is 0 Å². The lowest BCUT2D eigenvalue weighted by Crippen LogP contribution is -2.46. The Morgan fingerprint density at radius 3 is 3.17 bits per heavy atom. The van der Waals surface area contributed by atoms with Crippen LogP contribution in [0.15, 0.2) is 18.3 Å². The molecule has 1 saturated heterocycles. The number of rotatable bonds is 2. The minimum Gasteiger partial charge on any atom is -0.312 e. The molecule has 1 fully saturated rings. The van der Waals surface area contributed by atoms with Crippen LogP contribution < -0.4 is 5.32 Å². The van der Waals surface area contributed by atoms with Crippen LogP contribution in [0.5, 0.6) is 0 Å². The quantitative estimate of drug-likeness (QED) is 0.755. The van der Waals surface area contributed by atoms with Gasteiger partial charge in [0.05, 0.1) is 11.5 Å². The van der Waals surface area contributed by atoms with Gasteiger partial charge in [0.15, 0.2) is 21.3 Å². The maximum Gasteiger partial charge on any atom is 0.177 e. The van der Waals surface area contributed by atoms with Crippen LogP contribution in [0.3, 0.4) is 0 Å². The number of sulfone groups is 1. The normalized spacial score (nSPS) is 23.2. The Morgan fingerprint density at radius 1 is 1.44 bits per heavy atom. The minimum atomic E-state index is -2.93. The Labute approximate surface area is 104 Å². The molecule has 0 saturated carbocycles. The number of nitrogens with zero attached hydrogens (tertiary/aromatic N) is 4. The molecule has 1 atom stereocenters. The second-order valence-corrected chi connectivity index (χ2v) is 6.61. The third kappa shape index (κ3) is 2.21. The molecule has 96 valence electrons. The van der Waals surface area contributed by atoms with Crippen molar-refractivity contribution < 1.29 is 8.42 Å². The molecule has 0 radical (unpaired) electrons. The molecule has 3 heterocycles. The van der Waals surface area contributed by atoms with E-state index < -0.39 is 9.84 Å². The highest BCUT2D eigenvalue weighted by atomic mass is 32.2. The van der Waals surface area contributed by atoms with Crippen molar-refractivity contribution in [2.45, 2.75) is 12.5 Å². The molecule has 18 heavy (non-hydrogen) atoms. The lowest BCUT2D eigenvalue weighted by molar-refractivity contribution is 0.505. The zero-order valence-electron chi connectivity index (χ0n) is 9.65. The van der Waals surface area contributed by atoms with Crippen LogP contribution in [0.4, 0.5) is 0 Å². The summed E-state index contributed by atoms with van der Waals surface area (Å²) in [6, 6.07) is 3.49. The van der Waals surface area contributed by atoms with Gasteiger partial charge in [-0.05, 0) is 12.1 Å². The summed E-state index contributed by atoms with van der Waals surface area (Å²) in [7, 11) is -2.93. The van der Waals surface area contributed by atoms with Crippen molar-refractivity contribution in [3.63, 3.8) is 0 Å². The smallest absolute Gasteiger partial charge is 0.177 e. The standard InChI is InChI=1S/C10H13N5O2S/c16-18(17)5-4-11-8(7-18)6-10-14-13-9-2-1-3-12-15(9)10/h1-3,8,11H,4-7H2. The van der Waals surface area contributed by atoms with E-state index in [9.17, 15) is 8.42 Å². The molecule has 1 aliphatic rings. The van der Waals surface area contributed by atoms with Crippen LogP contribution >= 0.6 is 0 Å². The van der Waals surface area contributed by atoms with Gasteiger partial charge in [0.1, 0.15) is 0 Å². The highest BCUT2D eigenvalue weighted by Gasteiger charge is 2.25. The van der Waals surface area contributed by atoms with Gasteiger partial charge in [0.2, 0.25) is 0 Å². The number of aromatic nitrogens is 4. The molecule has 2 aromatic heterocycles. The van der Waals surface area contributed by atoms with Gasteiger partial charge in [-0.1, -0.05) is 0 Å². The first-order valence-corrected chi connectivity index (χ1v) is 7.55. The molecular weight excluding hydrogens is 254 g/mol. The van der Waals surface area contributed by atoms with Crippen LogP contribution in [0.2, 0.25) is 0 Å². The molecule has 7 nitrogen and oxygen atoms in total. The van der Waals surface area contributed by atoms with Crippen molar-refractivity contribution in [2.24, 2.45) is 0 Å². The monoisotopic (exact) mass is 267 g/mol. The van der Waals surface area contributed by atoms with Gasteiger partial charge in [0, 0.05) is 25.2 Å². The molecular formula is C10H13N5O2S. The van der Waals surface area contributed by atoms with E-state index in [1.807, 2.05) is 6.07 Å². The lowest BCUT2D eigenvalue weighted by atomic mass is 10.2. The first-order chi connectivity index (χ1) is 8.64. The van der Waals surface area contributed by atoms with E-state index in [0.717, 1.165) is 0 Å². The van der Waals surface area contributed by atoms with E-state index in [4.69, 9.17) is 0 Å². The Kier molecular flexibility index (Phi) is 2.75. The highest BCUT2D eigenvalue weighted by molar-refractivity contribution is 7.91. The van der Waals surface area contributed by atoms with Crippen molar-refractivity contribution in [1.82, 2.24) is 25.1 Å². The number of hydrogen-bond acceptors (Lipinski definition) is 6. The Hall–Kier alpha value is -1.54. The van der Waals surface area contributed by atoms with Crippen LogP contribution in [0, 0.1) is 0 Å². The van der Waals surface area contributed by atoms with E-state index >= 15 is 0 Å². The molecule has 1 aliphatic heterocycles. The van der Waals surface area contributed by atoms with Gasteiger partial charge in [-0.2, -0.15) is 9.61 Å². The molecule has 0 spiro atoms. The molecule has 0 aliphatic carbocycles.